The Morgan fingerprint density at radius 3 is 2.15 bits per heavy atom. The number of hydrogen-bond acceptors (Lipinski definition) is 9. The summed E-state index contributed by atoms with van der Waals surface area (Å²) in [6.07, 6.45) is 0. The maximum atomic E-state index is 12.5. The van der Waals surface area contributed by atoms with Crippen molar-refractivity contribution < 1.29 is 28.6 Å². The third-order valence-corrected chi connectivity index (χ3v) is 5.60. The molecule has 0 radical (unpaired) electrons. The summed E-state index contributed by atoms with van der Waals surface area (Å²) in [6.45, 7) is 5.83. The number of aromatic nitrogens is 3. The fourth-order valence-electron chi connectivity index (χ4n) is 3.09. The van der Waals surface area contributed by atoms with Crippen LogP contribution in [0.2, 0.25) is 0 Å². The maximum Gasteiger partial charge on any atom is 0.338 e. The minimum absolute atomic E-state index is 0.0241. The summed E-state index contributed by atoms with van der Waals surface area (Å²) in [7, 11) is 2.42. The van der Waals surface area contributed by atoms with Gasteiger partial charge in [-0.15, -0.1) is 10.2 Å². The predicted octanol–water partition coefficient (Wildman–Crippen LogP) is 3.46. The van der Waals surface area contributed by atoms with Gasteiger partial charge in [0.2, 0.25) is 0 Å². The Morgan fingerprint density at radius 2 is 1.55 bits per heavy atom. The van der Waals surface area contributed by atoms with E-state index in [-0.39, 0.29) is 22.6 Å². The zero-order chi connectivity index (χ0) is 24.1. The number of carbonyl (C=O) groups excluding carboxylic acids is 3. The first-order chi connectivity index (χ1) is 15.7. The lowest BCUT2D eigenvalue weighted by Gasteiger charge is -2.12. The molecule has 0 unspecified atom stereocenters. The van der Waals surface area contributed by atoms with E-state index in [0.717, 1.165) is 16.8 Å². The summed E-state index contributed by atoms with van der Waals surface area (Å²) in [5.41, 5.74) is 3.18. The number of ether oxygens (including phenoxy) is 3. The first kappa shape index (κ1) is 24.0. The van der Waals surface area contributed by atoms with Crippen LogP contribution in [-0.4, -0.2) is 52.6 Å². The number of esters is 3. The van der Waals surface area contributed by atoms with Gasteiger partial charge >= 0.3 is 17.9 Å². The van der Waals surface area contributed by atoms with Crippen LogP contribution < -0.4 is 4.74 Å². The molecule has 0 aliphatic heterocycles. The standard InChI is InChI=1S/C23H23N3O6S/c1-13-6-7-14(2)19(8-13)26-15(3)24-25-23(26)33-12-20(27)32-18-10-16(21(28)30-4)9-17(11-18)22(29)31-5/h6-11H,12H2,1-5H3. The number of nitrogens with zero attached hydrogens (tertiary/aromatic N) is 3. The highest BCUT2D eigenvalue weighted by Crippen LogP contribution is 2.26. The summed E-state index contributed by atoms with van der Waals surface area (Å²) in [6, 6.07) is 10.0. The van der Waals surface area contributed by atoms with E-state index in [1.807, 2.05) is 43.5 Å². The van der Waals surface area contributed by atoms with Gasteiger partial charge in [-0.2, -0.15) is 0 Å². The molecule has 0 saturated heterocycles. The van der Waals surface area contributed by atoms with Gasteiger partial charge in [0, 0.05) is 0 Å². The van der Waals surface area contributed by atoms with Gasteiger partial charge in [-0.1, -0.05) is 23.9 Å². The molecular formula is C23H23N3O6S. The van der Waals surface area contributed by atoms with Crippen molar-refractivity contribution in [2.45, 2.75) is 25.9 Å². The van der Waals surface area contributed by atoms with Crippen molar-refractivity contribution in [1.29, 1.82) is 0 Å². The summed E-state index contributed by atoms with van der Waals surface area (Å²) in [5.74, 6) is -1.30. The van der Waals surface area contributed by atoms with Crippen molar-refractivity contribution >= 4 is 29.7 Å². The molecule has 0 aliphatic rings. The van der Waals surface area contributed by atoms with Gasteiger partial charge < -0.3 is 14.2 Å². The molecular weight excluding hydrogens is 446 g/mol. The van der Waals surface area contributed by atoms with Crippen LogP contribution in [0.5, 0.6) is 5.75 Å². The SMILES string of the molecule is COC(=O)c1cc(OC(=O)CSc2nnc(C)n2-c2cc(C)ccc2C)cc(C(=O)OC)c1. The number of hydrogen-bond donors (Lipinski definition) is 0. The fourth-order valence-corrected chi connectivity index (χ4v) is 3.85. The molecule has 172 valence electrons. The van der Waals surface area contributed by atoms with Crippen LogP contribution in [0.4, 0.5) is 0 Å². The number of aryl methyl sites for hydroxylation is 3. The van der Waals surface area contributed by atoms with Crippen LogP contribution in [0.15, 0.2) is 41.6 Å². The third-order valence-electron chi connectivity index (χ3n) is 4.70. The molecule has 3 aromatic rings. The smallest absolute Gasteiger partial charge is 0.338 e. The Kier molecular flexibility index (Phi) is 7.49. The minimum Gasteiger partial charge on any atom is -0.465 e. The quantitative estimate of drug-likeness (QED) is 0.292. The van der Waals surface area contributed by atoms with Crippen LogP contribution in [0.3, 0.4) is 0 Å². The molecule has 3 rings (SSSR count). The van der Waals surface area contributed by atoms with Crippen molar-refractivity contribution in [2.24, 2.45) is 0 Å². The van der Waals surface area contributed by atoms with Gasteiger partial charge in [0.15, 0.2) is 5.16 Å². The summed E-state index contributed by atoms with van der Waals surface area (Å²) >= 11 is 1.17. The van der Waals surface area contributed by atoms with Gasteiger partial charge in [-0.25, -0.2) is 9.59 Å². The first-order valence-electron chi connectivity index (χ1n) is 9.88. The molecule has 1 heterocycles. The van der Waals surface area contributed by atoms with Crippen LogP contribution in [-0.2, 0) is 14.3 Å². The molecule has 0 bridgehead atoms. The highest BCUT2D eigenvalue weighted by molar-refractivity contribution is 7.99. The lowest BCUT2D eigenvalue weighted by atomic mass is 10.1. The molecule has 0 N–H and O–H groups in total. The third kappa shape index (κ3) is 5.58. The molecule has 0 atom stereocenters. The van der Waals surface area contributed by atoms with E-state index in [4.69, 9.17) is 14.2 Å². The molecule has 0 spiro atoms. The van der Waals surface area contributed by atoms with Crippen LogP contribution in [0.1, 0.15) is 37.7 Å². The summed E-state index contributed by atoms with van der Waals surface area (Å²) < 4.78 is 16.6. The van der Waals surface area contributed by atoms with E-state index in [1.54, 1.807) is 0 Å². The second kappa shape index (κ2) is 10.3. The maximum absolute atomic E-state index is 12.5. The molecule has 0 aliphatic carbocycles. The largest absolute Gasteiger partial charge is 0.465 e. The molecule has 33 heavy (non-hydrogen) atoms. The minimum atomic E-state index is -0.676. The molecule has 9 nitrogen and oxygen atoms in total. The van der Waals surface area contributed by atoms with Crippen molar-refractivity contribution in [3.8, 4) is 11.4 Å². The normalized spacial score (nSPS) is 10.6. The lowest BCUT2D eigenvalue weighted by molar-refractivity contribution is -0.131. The van der Waals surface area contributed by atoms with E-state index >= 15 is 0 Å². The van der Waals surface area contributed by atoms with E-state index in [9.17, 15) is 14.4 Å². The zero-order valence-corrected chi connectivity index (χ0v) is 19.7. The van der Waals surface area contributed by atoms with Crippen molar-refractivity contribution in [3.63, 3.8) is 0 Å². The number of methoxy groups -OCH3 is 2. The van der Waals surface area contributed by atoms with Crippen LogP contribution in [0, 0.1) is 20.8 Å². The van der Waals surface area contributed by atoms with E-state index in [2.05, 4.69) is 10.2 Å². The monoisotopic (exact) mass is 469 g/mol. The number of benzene rings is 2. The average Bonchev–Trinajstić information content (AvgIpc) is 3.17. The molecule has 2 aromatic carbocycles. The predicted molar refractivity (Wildman–Crippen MR) is 121 cm³/mol. The van der Waals surface area contributed by atoms with E-state index in [1.165, 1.54) is 44.2 Å². The Bertz CT molecular complexity index is 1190. The molecule has 0 amide bonds. The highest BCUT2D eigenvalue weighted by Gasteiger charge is 2.18. The molecule has 0 saturated carbocycles. The topological polar surface area (TPSA) is 110 Å². The van der Waals surface area contributed by atoms with Crippen molar-refractivity contribution in [1.82, 2.24) is 14.8 Å². The fraction of sp³-hybridized carbons (Fsp3) is 0.261. The highest BCUT2D eigenvalue weighted by atomic mass is 32.2. The molecule has 0 fully saturated rings. The number of rotatable bonds is 7. The Morgan fingerprint density at radius 1 is 0.909 bits per heavy atom. The Labute approximate surface area is 195 Å². The van der Waals surface area contributed by atoms with Gasteiger partial charge in [0.1, 0.15) is 11.6 Å². The number of carbonyl (C=O) groups is 3. The lowest BCUT2D eigenvalue weighted by Crippen LogP contribution is -2.14. The van der Waals surface area contributed by atoms with E-state index < -0.39 is 17.9 Å². The molecule has 10 heteroatoms. The second-order valence-electron chi connectivity index (χ2n) is 7.15. The average molecular weight is 470 g/mol. The first-order valence-corrected chi connectivity index (χ1v) is 10.9. The second-order valence-corrected chi connectivity index (χ2v) is 8.09. The van der Waals surface area contributed by atoms with Gasteiger partial charge in [0.05, 0.1) is 36.8 Å². The number of thioether (sulfide) groups is 1. The summed E-state index contributed by atoms with van der Waals surface area (Å²) in [5, 5.41) is 8.87. The van der Waals surface area contributed by atoms with Crippen molar-refractivity contribution in [2.75, 3.05) is 20.0 Å². The Hall–Kier alpha value is -3.66. The molecule has 1 aromatic heterocycles. The Balaban J connectivity index is 1.79. The van der Waals surface area contributed by atoms with Gasteiger partial charge in [0.25, 0.3) is 0 Å². The van der Waals surface area contributed by atoms with Gasteiger partial charge in [-0.05, 0) is 56.2 Å². The van der Waals surface area contributed by atoms with E-state index in [0.29, 0.717) is 11.0 Å². The van der Waals surface area contributed by atoms with Gasteiger partial charge in [-0.3, -0.25) is 9.36 Å². The zero-order valence-electron chi connectivity index (χ0n) is 18.9. The van der Waals surface area contributed by atoms with Crippen LogP contribution in [0.25, 0.3) is 5.69 Å². The van der Waals surface area contributed by atoms with Crippen molar-refractivity contribution in [3.05, 3.63) is 64.5 Å². The van der Waals surface area contributed by atoms with Crippen LogP contribution >= 0.6 is 11.8 Å². The summed E-state index contributed by atoms with van der Waals surface area (Å²) in [4.78, 5) is 36.4.